The highest BCUT2D eigenvalue weighted by molar-refractivity contribution is 7.85. The van der Waals surface area contributed by atoms with Crippen molar-refractivity contribution in [2.24, 2.45) is 10.9 Å². The van der Waals surface area contributed by atoms with Crippen LogP contribution in [-0.2, 0) is 4.57 Å². The van der Waals surface area contributed by atoms with Gasteiger partial charge in [0.05, 0.1) is 22.8 Å². The normalized spacial score (nSPS) is 16.7. The molecule has 2 unspecified atom stereocenters. The van der Waals surface area contributed by atoms with Crippen LogP contribution in [0.25, 0.3) is 44.2 Å². The molecule has 58 heavy (non-hydrogen) atoms. The number of pyridine rings is 2. The Morgan fingerprint density at radius 1 is 0.552 bits per heavy atom. The molecule has 0 radical (unpaired) electrons. The molecule has 0 fully saturated rings. The number of fused-ring (bicyclic) bond motifs is 2. The summed E-state index contributed by atoms with van der Waals surface area (Å²) in [7, 11) is -3.12. The second-order valence-corrected chi connectivity index (χ2v) is 17.5. The summed E-state index contributed by atoms with van der Waals surface area (Å²) in [5.74, 6) is 0.963. The molecule has 1 N–H and O–H groups in total. The Hall–Kier alpha value is -6.94. The van der Waals surface area contributed by atoms with E-state index in [-0.39, 0.29) is 12.0 Å². The van der Waals surface area contributed by atoms with E-state index in [1.165, 1.54) is 5.57 Å². The maximum Gasteiger partial charge on any atom is 0.171 e. The van der Waals surface area contributed by atoms with Crippen LogP contribution in [-0.4, -0.2) is 15.8 Å². The lowest BCUT2D eigenvalue weighted by Crippen LogP contribution is -2.35. The summed E-state index contributed by atoms with van der Waals surface area (Å²) in [4.78, 5) is 14.7. The van der Waals surface area contributed by atoms with Gasteiger partial charge < -0.3 is 9.88 Å². The van der Waals surface area contributed by atoms with Gasteiger partial charge in [-0.2, -0.15) is 0 Å². The van der Waals surface area contributed by atoms with Gasteiger partial charge in [0.1, 0.15) is 5.84 Å². The van der Waals surface area contributed by atoms with Crippen LogP contribution in [0.3, 0.4) is 0 Å². The smallest absolute Gasteiger partial charge is 0.171 e. The van der Waals surface area contributed by atoms with Gasteiger partial charge in [0.25, 0.3) is 0 Å². The number of benzene rings is 6. The summed E-state index contributed by atoms with van der Waals surface area (Å²) < 4.78 is 15.1. The van der Waals surface area contributed by atoms with Crippen molar-refractivity contribution >= 4 is 62.0 Å². The van der Waals surface area contributed by atoms with Gasteiger partial charge >= 0.3 is 0 Å². The average molecular weight is 767 g/mol. The number of para-hydroxylation sites is 2. The molecule has 2 aliphatic rings. The summed E-state index contributed by atoms with van der Waals surface area (Å²) >= 11 is 0. The monoisotopic (exact) mass is 766 g/mol. The SMILES string of the molecule is O=P(c1ccccc1)(c1ccccc1)c1ccc(C2=CC(c3ccc(-c4cccc5cccnc45)cc3)NC(C3C=CC(c4cccc5cccnc45)=CC3)=N2)cc1. The molecule has 3 heterocycles. The highest BCUT2D eigenvalue weighted by atomic mass is 31.2. The molecule has 0 saturated carbocycles. The molecule has 0 amide bonds. The number of aliphatic imine (C=N–C) groups is 1. The molecule has 5 nitrogen and oxygen atoms in total. The van der Waals surface area contributed by atoms with Crippen molar-refractivity contribution in [3.8, 4) is 11.1 Å². The summed E-state index contributed by atoms with van der Waals surface area (Å²) in [6, 6.07) is 57.3. The molecule has 10 rings (SSSR count). The molecule has 1 aliphatic heterocycles. The maximum absolute atomic E-state index is 15.1. The Kier molecular flexibility index (Phi) is 9.29. The summed E-state index contributed by atoms with van der Waals surface area (Å²) in [6.07, 6.45) is 13.5. The van der Waals surface area contributed by atoms with Crippen LogP contribution in [0.4, 0.5) is 0 Å². The van der Waals surface area contributed by atoms with Crippen LogP contribution in [0.5, 0.6) is 0 Å². The van der Waals surface area contributed by atoms with Crippen LogP contribution in [0, 0.1) is 5.92 Å². The number of amidine groups is 1. The number of hydrogen-bond donors (Lipinski definition) is 1. The fraction of sp³-hybridized carbons (Fsp3) is 0.0577. The summed E-state index contributed by atoms with van der Waals surface area (Å²) in [5.41, 5.74) is 9.51. The molecule has 278 valence electrons. The minimum atomic E-state index is -3.12. The largest absolute Gasteiger partial charge is 0.363 e. The van der Waals surface area contributed by atoms with E-state index in [4.69, 9.17) is 15.0 Å². The lowest BCUT2D eigenvalue weighted by molar-refractivity contribution is 0.592. The van der Waals surface area contributed by atoms with Crippen molar-refractivity contribution in [2.45, 2.75) is 12.5 Å². The van der Waals surface area contributed by atoms with Gasteiger partial charge in [-0.25, -0.2) is 4.99 Å². The maximum atomic E-state index is 15.1. The first-order valence-electron chi connectivity index (χ1n) is 19.7. The fourth-order valence-electron chi connectivity index (χ4n) is 8.22. The average Bonchev–Trinajstić information content (AvgIpc) is 3.31. The van der Waals surface area contributed by atoms with E-state index in [1.807, 2.05) is 97.3 Å². The Morgan fingerprint density at radius 2 is 1.12 bits per heavy atom. The Balaban J connectivity index is 1.01. The van der Waals surface area contributed by atoms with Crippen LogP contribution in [0.2, 0.25) is 0 Å². The lowest BCUT2D eigenvalue weighted by atomic mass is 9.90. The van der Waals surface area contributed by atoms with Crippen molar-refractivity contribution < 1.29 is 4.57 Å². The first kappa shape index (κ1) is 35.5. The quantitative estimate of drug-likeness (QED) is 0.156. The first-order valence-corrected chi connectivity index (χ1v) is 21.4. The topological polar surface area (TPSA) is 67.2 Å². The van der Waals surface area contributed by atoms with Gasteiger partial charge in [0.2, 0.25) is 0 Å². The molecular formula is C52H39N4OP. The van der Waals surface area contributed by atoms with Gasteiger partial charge in [0.15, 0.2) is 7.14 Å². The molecule has 6 aromatic carbocycles. The van der Waals surface area contributed by atoms with E-state index < -0.39 is 7.14 Å². The molecule has 2 aromatic heterocycles. The zero-order chi connectivity index (χ0) is 38.9. The standard InChI is InChI=1S/C52H39N4OP/c57-58(43-15-3-1-4-16-43,44-17-5-2-6-18-44)45-31-29-39(30-32-45)49-35-48(38-25-21-36(22-26-38)46-19-7-11-40-13-9-33-53-50(40)46)55-52(56-49)42-27-23-37(24-28-42)47-20-8-12-41-14-10-34-54-51(41)47/h1-27,29-35,42,48H,28H2,(H,55,56). The predicted molar refractivity (Wildman–Crippen MR) is 241 cm³/mol. The Morgan fingerprint density at radius 3 is 1.74 bits per heavy atom. The Bertz CT molecular complexity index is 2920. The van der Waals surface area contributed by atoms with Crippen molar-refractivity contribution in [2.75, 3.05) is 0 Å². The fourth-order valence-corrected chi connectivity index (χ4v) is 10.9. The van der Waals surface area contributed by atoms with Crippen LogP contribution in [0.15, 0.2) is 212 Å². The minimum Gasteiger partial charge on any atom is -0.363 e. The number of rotatable bonds is 8. The molecule has 2 atom stereocenters. The minimum absolute atomic E-state index is 0.0505. The molecular weight excluding hydrogens is 728 g/mol. The zero-order valence-electron chi connectivity index (χ0n) is 31.7. The highest BCUT2D eigenvalue weighted by Crippen LogP contribution is 2.43. The van der Waals surface area contributed by atoms with Crippen molar-refractivity contribution in [3.63, 3.8) is 0 Å². The number of nitrogens with zero attached hydrogens (tertiary/aromatic N) is 3. The summed E-state index contributed by atoms with van der Waals surface area (Å²) in [5, 5.41) is 8.48. The summed E-state index contributed by atoms with van der Waals surface area (Å²) in [6.45, 7) is 0. The third-order valence-electron chi connectivity index (χ3n) is 11.2. The zero-order valence-corrected chi connectivity index (χ0v) is 32.6. The van der Waals surface area contributed by atoms with Gasteiger partial charge in [-0.05, 0) is 46.9 Å². The van der Waals surface area contributed by atoms with Gasteiger partial charge in [0, 0.05) is 56.1 Å². The number of allylic oxidation sites excluding steroid dienone is 3. The van der Waals surface area contributed by atoms with Crippen molar-refractivity contribution in [1.29, 1.82) is 0 Å². The molecule has 8 aromatic rings. The van der Waals surface area contributed by atoms with Crippen LogP contribution >= 0.6 is 7.14 Å². The highest BCUT2D eigenvalue weighted by Gasteiger charge is 2.30. The predicted octanol–water partition coefficient (Wildman–Crippen LogP) is 10.8. The third-order valence-corrected chi connectivity index (χ3v) is 14.3. The van der Waals surface area contributed by atoms with Gasteiger partial charge in [-0.15, -0.1) is 0 Å². The first-order chi connectivity index (χ1) is 28.6. The van der Waals surface area contributed by atoms with E-state index in [2.05, 4.69) is 115 Å². The molecule has 0 bridgehead atoms. The van der Waals surface area contributed by atoms with E-state index in [1.54, 1.807) is 0 Å². The van der Waals surface area contributed by atoms with Crippen LogP contribution < -0.4 is 21.2 Å². The van der Waals surface area contributed by atoms with Crippen molar-refractivity contribution in [1.82, 2.24) is 15.3 Å². The second-order valence-electron chi connectivity index (χ2n) is 14.7. The molecule has 0 saturated heterocycles. The van der Waals surface area contributed by atoms with E-state index in [9.17, 15) is 0 Å². The molecule has 6 heteroatoms. The van der Waals surface area contributed by atoms with E-state index in [0.29, 0.717) is 0 Å². The molecule has 1 aliphatic carbocycles. The number of aromatic nitrogens is 2. The second kappa shape index (κ2) is 15.2. The third kappa shape index (κ3) is 6.60. The van der Waals surface area contributed by atoms with E-state index >= 15 is 4.57 Å². The lowest BCUT2D eigenvalue weighted by Gasteiger charge is -2.29. The van der Waals surface area contributed by atoms with E-state index in [0.717, 1.165) is 83.5 Å². The Labute approximate surface area is 338 Å². The molecule has 0 spiro atoms. The van der Waals surface area contributed by atoms with Crippen molar-refractivity contribution in [3.05, 3.63) is 223 Å². The number of hydrogen-bond acceptors (Lipinski definition) is 5. The van der Waals surface area contributed by atoms with Gasteiger partial charge in [-0.3, -0.25) is 9.97 Å². The van der Waals surface area contributed by atoms with Crippen LogP contribution in [0.1, 0.15) is 29.2 Å². The number of nitrogens with one attached hydrogen (secondary N) is 1. The van der Waals surface area contributed by atoms with Gasteiger partial charge in [-0.1, -0.05) is 176 Å².